The van der Waals surface area contributed by atoms with Gasteiger partial charge in [0.15, 0.2) is 10.6 Å². The minimum Gasteiger partial charge on any atom is -0.472 e. The van der Waals surface area contributed by atoms with Gasteiger partial charge in [-0.15, -0.1) is 0 Å². The number of likely N-dealkylation sites (tertiary alicyclic amines) is 1. The van der Waals surface area contributed by atoms with Crippen LogP contribution in [0.4, 0.5) is 0 Å². The van der Waals surface area contributed by atoms with E-state index in [2.05, 4.69) is 80.6 Å². The fraction of sp³-hybridized carbons (Fsp3) is 0.383. The highest BCUT2D eigenvalue weighted by Gasteiger charge is 2.38. The van der Waals surface area contributed by atoms with Crippen molar-refractivity contribution in [2.24, 2.45) is 11.8 Å². The number of nitrogens with one attached hydrogen (secondary N) is 2. The van der Waals surface area contributed by atoms with Crippen LogP contribution >= 0.6 is 34.8 Å². The van der Waals surface area contributed by atoms with Crippen molar-refractivity contribution in [3.05, 3.63) is 231 Å². The van der Waals surface area contributed by atoms with Gasteiger partial charge in [0.2, 0.25) is 0 Å². The summed E-state index contributed by atoms with van der Waals surface area (Å²) in [5.41, 5.74) is 13.9. The predicted octanol–water partition coefficient (Wildman–Crippen LogP) is 18.5. The molecule has 15 nitrogen and oxygen atoms in total. The number of hydrogen-bond acceptors (Lipinski definition) is 12. The second kappa shape index (κ2) is 36.8. The van der Waals surface area contributed by atoms with Crippen LogP contribution in [0.15, 0.2) is 179 Å². The van der Waals surface area contributed by atoms with Gasteiger partial charge in [0, 0.05) is 113 Å². The zero-order chi connectivity index (χ0) is 69.1. The number of piperidine rings is 3. The van der Waals surface area contributed by atoms with Gasteiger partial charge in [0.25, 0.3) is 17.7 Å². The molecule has 0 spiro atoms. The van der Waals surface area contributed by atoms with E-state index in [1.165, 1.54) is 64.3 Å². The molecule has 3 amide bonds. The Hall–Kier alpha value is -8.15. The summed E-state index contributed by atoms with van der Waals surface area (Å²) in [7, 11) is 0. The van der Waals surface area contributed by atoms with Crippen LogP contribution in [0, 0.1) is 11.8 Å². The number of para-hydroxylation sites is 3. The summed E-state index contributed by atoms with van der Waals surface area (Å²) in [6, 6.07) is 46.6. The molecule has 6 aliphatic heterocycles. The summed E-state index contributed by atoms with van der Waals surface area (Å²) in [5.74, 6) is 7.14. The fourth-order valence-electron chi connectivity index (χ4n) is 14.3. The van der Waals surface area contributed by atoms with Crippen LogP contribution < -0.4 is 24.8 Å². The van der Waals surface area contributed by atoms with Crippen molar-refractivity contribution < 1.29 is 42.2 Å². The second-order valence-electron chi connectivity index (χ2n) is 25.0. The zero-order valence-electron chi connectivity index (χ0n) is 57.1. The molecule has 0 radical (unpaired) electrons. The molecule has 2 aromatic heterocycles. The van der Waals surface area contributed by atoms with E-state index in [1.54, 1.807) is 12.3 Å². The maximum atomic E-state index is 12.9. The first-order chi connectivity index (χ1) is 47.8. The standard InChI is InChI=1S/C28H32N2O3.C23H28N2O2.C23H26N2O2.C5H4O2.CHCl3.CH4/c1-3-30(4-2)28(31)22-9-10-24-26(17-22)33-25-8-6-5-7-23(25)27(24)21-11-14-29(15-12-21)18-20-13-16-32-19-20;2*1-3-25(4-2)23(26)17-9-10-19-21(15-17)27-20-8-6-5-7-18(20)22(19)16-11-13-24-14-12-16;6-3-5-1-2-7-4-5;2-1(3)4;/h5-10,13,16-17,19,21,27H,3-4,11-12,14-15,18H2,1-2H3;5-10,15-16,22,24H,3-4,11-14H2,1-2H3;5-10,15,24H,3-4,11-14H2,1-2H3;1-4H;1H;1H4. The zero-order valence-corrected chi connectivity index (χ0v) is 59.4. The van der Waals surface area contributed by atoms with E-state index in [0.29, 0.717) is 85.2 Å². The molecule has 2 atom stereocenters. The van der Waals surface area contributed by atoms with Crippen LogP contribution in [0.5, 0.6) is 34.5 Å². The maximum Gasteiger partial charge on any atom is 0.253 e. The largest absolute Gasteiger partial charge is 0.472 e. The Bertz CT molecular complexity index is 3950. The molecule has 2 unspecified atom stereocenters. The molecule has 6 aliphatic rings. The molecule has 3 saturated heterocycles. The summed E-state index contributed by atoms with van der Waals surface area (Å²) in [6.07, 6.45) is 13.9. The predicted molar refractivity (Wildman–Crippen MR) is 397 cm³/mol. The molecule has 0 aliphatic carbocycles. The molecule has 524 valence electrons. The average Bonchev–Trinajstić information content (AvgIpc) is 1.27. The Morgan fingerprint density at radius 1 is 0.495 bits per heavy atom. The van der Waals surface area contributed by atoms with Crippen molar-refractivity contribution in [3.63, 3.8) is 0 Å². The number of benzene rings is 6. The first-order valence-corrected chi connectivity index (χ1v) is 36.0. The quantitative estimate of drug-likeness (QED) is 0.0785. The first-order valence-electron chi connectivity index (χ1n) is 34.7. The minimum absolute atomic E-state index is 0. The van der Waals surface area contributed by atoms with Crippen molar-refractivity contribution >= 4 is 64.4 Å². The number of halogens is 3. The van der Waals surface area contributed by atoms with E-state index in [4.69, 9.17) is 53.4 Å². The lowest BCUT2D eigenvalue weighted by Crippen LogP contribution is -2.36. The highest BCUT2D eigenvalue weighted by atomic mass is 35.6. The summed E-state index contributed by atoms with van der Waals surface area (Å²) in [4.78, 5) is 56.4. The number of carbonyl (C=O) groups is 4. The number of fused-ring (bicyclic) bond motifs is 6. The van der Waals surface area contributed by atoms with Gasteiger partial charge in [0.1, 0.15) is 40.8 Å². The number of amides is 3. The molecule has 8 heterocycles. The van der Waals surface area contributed by atoms with Gasteiger partial charge in [-0.25, -0.2) is 0 Å². The van der Waals surface area contributed by atoms with Crippen molar-refractivity contribution in [2.75, 3.05) is 78.5 Å². The molecular weight excluding hydrogens is 1310 g/mol. The van der Waals surface area contributed by atoms with Crippen molar-refractivity contribution in [3.8, 4) is 34.5 Å². The molecule has 18 heteroatoms. The Labute approximate surface area is 599 Å². The summed E-state index contributed by atoms with van der Waals surface area (Å²) in [6.45, 7) is 23.6. The van der Waals surface area contributed by atoms with Crippen LogP contribution in [0.25, 0.3) is 5.57 Å². The number of hydrogen-bond donors (Lipinski definition) is 2. The van der Waals surface area contributed by atoms with E-state index in [0.717, 1.165) is 123 Å². The van der Waals surface area contributed by atoms with E-state index in [9.17, 15) is 19.2 Å². The lowest BCUT2D eigenvalue weighted by Gasteiger charge is -2.39. The van der Waals surface area contributed by atoms with E-state index >= 15 is 0 Å². The Kier molecular flexibility index (Phi) is 27.9. The lowest BCUT2D eigenvalue weighted by atomic mass is 9.74. The van der Waals surface area contributed by atoms with Gasteiger partial charge in [0.05, 0.1) is 24.4 Å². The van der Waals surface area contributed by atoms with Crippen molar-refractivity contribution in [1.29, 1.82) is 0 Å². The fourth-order valence-corrected chi connectivity index (χ4v) is 14.3. The summed E-state index contributed by atoms with van der Waals surface area (Å²) >= 11 is 14.4. The number of nitrogens with zero attached hydrogens (tertiary/aromatic N) is 4. The number of ether oxygens (including phenoxy) is 3. The second-order valence-corrected chi connectivity index (χ2v) is 26.9. The third kappa shape index (κ3) is 18.5. The van der Waals surface area contributed by atoms with Gasteiger partial charge in [-0.3, -0.25) is 24.1 Å². The normalized spacial score (nSPS) is 16.5. The number of rotatable bonds is 14. The Morgan fingerprint density at radius 3 is 1.37 bits per heavy atom. The lowest BCUT2D eigenvalue weighted by molar-refractivity contribution is 0.0764. The molecule has 2 N–H and O–H groups in total. The van der Waals surface area contributed by atoms with E-state index < -0.39 is 4.30 Å². The molecule has 0 saturated carbocycles. The van der Waals surface area contributed by atoms with Crippen LogP contribution in [-0.4, -0.2) is 126 Å². The average molecular weight is 1400 g/mol. The van der Waals surface area contributed by atoms with Crippen LogP contribution in [0.3, 0.4) is 0 Å². The van der Waals surface area contributed by atoms with Crippen LogP contribution in [0.1, 0.15) is 180 Å². The number of furan rings is 2. The van der Waals surface area contributed by atoms with Crippen LogP contribution in [-0.2, 0) is 6.54 Å². The molecule has 6 aromatic carbocycles. The monoisotopic (exact) mass is 1400 g/mol. The Balaban J connectivity index is 0.000000161. The number of carbonyl (C=O) groups excluding carboxylic acids is 4. The summed E-state index contributed by atoms with van der Waals surface area (Å²) < 4.78 is 27.9. The van der Waals surface area contributed by atoms with Gasteiger partial charge in [-0.2, -0.15) is 0 Å². The minimum atomic E-state index is -0.750. The number of aldehydes is 1. The van der Waals surface area contributed by atoms with Crippen LogP contribution in [0.2, 0.25) is 0 Å². The third-order valence-electron chi connectivity index (χ3n) is 19.4. The van der Waals surface area contributed by atoms with Crippen molar-refractivity contribution in [2.45, 2.75) is 110 Å². The number of alkyl halides is 3. The van der Waals surface area contributed by atoms with Crippen molar-refractivity contribution in [1.82, 2.24) is 30.2 Å². The van der Waals surface area contributed by atoms with Gasteiger partial charge >= 0.3 is 0 Å². The van der Waals surface area contributed by atoms with E-state index in [1.807, 2.05) is 135 Å². The van der Waals surface area contributed by atoms with Gasteiger partial charge in [-0.05, 0) is 210 Å². The third-order valence-corrected chi connectivity index (χ3v) is 19.4. The smallest absolute Gasteiger partial charge is 0.253 e. The topological polar surface area (TPSA) is 159 Å². The van der Waals surface area contributed by atoms with Gasteiger partial charge < -0.3 is 48.4 Å². The Morgan fingerprint density at radius 2 is 0.909 bits per heavy atom. The first kappa shape index (κ1) is 75.1. The molecule has 3 fully saturated rings. The highest BCUT2D eigenvalue weighted by molar-refractivity contribution is 6.63. The molecule has 14 rings (SSSR count). The summed E-state index contributed by atoms with van der Waals surface area (Å²) in [5, 5.41) is 6.91. The van der Waals surface area contributed by atoms with Gasteiger partial charge in [-0.1, -0.05) is 115 Å². The highest BCUT2D eigenvalue weighted by Crippen LogP contribution is 2.52. The molecule has 0 bridgehead atoms. The molecule has 8 aromatic rings. The molecular formula is C81H95Cl3N6O9. The molecule has 99 heavy (non-hydrogen) atoms. The van der Waals surface area contributed by atoms with E-state index in [-0.39, 0.29) is 25.1 Å². The maximum absolute atomic E-state index is 12.9. The SMILES string of the molecule is C.CCN(CC)C(=O)c1ccc2c(c1)Oc1ccccc1C2=C1CCNCC1.CCN(CC)C(=O)c1ccc2c(c1)Oc1ccccc1C2C1CCN(Cc2ccoc2)CC1.CCN(CC)C(=O)c1ccc2c(c1)Oc1ccccc1C2C1CCNCC1.ClC(Cl)Cl.O=Cc1ccoc1.